The predicted molar refractivity (Wildman–Crippen MR) is 83.5 cm³/mol. The van der Waals surface area contributed by atoms with Crippen molar-refractivity contribution in [1.82, 2.24) is 0 Å². The summed E-state index contributed by atoms with van der Waals surface area (Å²) in [5, 5.41) is 0. The van der Waals surface area contributed by atoms with E-state index >= 15 is 0 Å². The maximum Gasteiger partial charge on any atom is 0.167 e. The molecule has 2 nitrogen and oxygen atoms in total. The van der Waals surface area contributed by atoms with Gasteiger partial charge in [-0.3, -0.25) is 4.79 Å². The van der Waals surface area contributed by atoms with Gasteiger partial charge in [0.25, 0.3) is 0 Å². The molecule has 3 rings (SSSR count). The second-order valence-electron chi connectivity index (χ2n) is 5.97. The highest BCUT2D eigenvalue weighted by Crippen LogP contribution is 2.22. The van der Waals surface area contributed by atoms with Gasteiger partial charge >= 0.3 is 0 Å². The normalized spacial score (nSPS) is 13.5. The summed E-state index contributed by atoms with van der Waals surface area (Å²) in [6.45, 7) is 5.64. The van der Waals surface area contributed by atoms with E-state index in [1.54, 1.807) is 0 Å². The molecular weight excluding hydrogens is 260 g/mol. The average molecular weight is 280 g/mol. The Balaban J connectivity index is 1.74. The van der Waals surface area contributed by atoms with Crippen LogP contribution in [0.5, 0.6) is 0 Å². The quantitative estimate of drug-likeness (QED) is 0.782. The van der Waals surface area contributed by atoms with Gasteiger partial charge in [0.15, 0.2) is 5.78 Å². The van der Waals surface area contributed by atoms with E-state index in [0.717, 1.165) is 16.7 Å². The minimum atomic E-state index is 0.169. The summed E-state index contributed by atoms with van der Waals surface area (Å²) >= 11 is 0. The van der Waals surface area contributed by atoms with Crippen LogP contribution >= 0.6 is 0 Å². The molecular formula is C19H20O2. The number of hydrogen-bond donors (Lipinski definition) is 0. The molecule has 0 amide bonds. The van der Waals surface area contributed by atoms with Crippen LogP contribution in [0.2, 0.25) is 0 Å². The molecule has 1 aliphatic rings. The number of fused-ring (bicyclic) bond motifs is 1. The zero-order valence-electron chi connectivity index (χ0n) is 12.6. The third-order valence-corrected chi connectivity index (χ3v) is 4.05. The molecule has 2 aromatic carbocycles. The first-order chi connectivity index (χ1) is 10.1. The Morgan fingerprint density at radius 3 is 2.48 bits per heavy atom. The van der Waals surface area contributed by atoms with Crippen molar-refractivity contribution < 1.29 is 9.53 Å². The van der Waals surface area contributed by atoms with Crippen LogP contribution in [0, 0.1) is 0 Å². The third-order valence-electron chi connectivity index (χ3n) is 4.05. The van der Waals surface area contributed by atoms with Crippen molar-refractivity contribution in [1.29, 1.82) is 0 Å². The lowest BCUT2D eigenvalue weighted by atomic mass is 9.97. The van der Waals surface area contributed by atoms with E-state index < -0.39 is 0 Å². The number of carbonyl (C=O) groups excluding carboxylic acids is 1. The molecule has 0 N–H and O–H groups in total. The number of ketones is 1. The summed E-state index contributed by atoms with van der Waals surface area (Å²) in [6.07, 6.45) is 0.456. The monoisotopic (exact) mass is 280 g/mol. The number of benzene rings is 2. The number of ether oxygens (including phenoxy) is 1. The van der Waals surface area contributed by atoms with Crippen LogP contribution in [0.3, 0.4) is 0 Å². The van der Waals surface area contributed by atoms with Crippen molar-refractivity contribution in [3.63, 3.8) is 0 Å². The fourth-order valence-electron chi connectivity index (χ4n) is 2.65. The molecule has 108 valence electrons. The number of carbonyl (C=O) groups is 1. The SMILES string of the molecule is CC(C)c1ccc(CC(=O)c2ccc3c(c2)COC3)cc1. The van der Waals surface area contributed by atoms with Gasteiger partial charge in [-0.2, -0.15) is 0 Å². The van der Waals surface area contributed by atoms with E-state index in [4.69, 9.17) is 4.74 Å². The minimum absolute atomic E-state index is 0.169. The summed E-state index contributed by atoms with van der Waals surface area (Å²) in [6, 6.07) is 14.3. The zero-order chi connectivity index (χ0) is 14.8. The molecule has 0 fully saturated rings. The molecule has 0 aromatic heterocycles. The molecule has 0 unspecified atom stereocenters. The molecule has 2 heteroatoms. The summed E-state index contributed by atoms with van der Waals surface area (Å²) < 4.78 is 5.39. The fraction of sp³-hybridized carbons (Fsp3) is 0.316. The first-order valence-corrected chi connectivity index (χ1v) is 7.45. The highest BCUT2D eigenvalue weighted by Gasteiger charge is 2.14. The maximum absolute atomic E-state index is 12.4. The standard InChI is InChI=1S/C19H20O2/c1-13(2)15-5-3-14(4-6-15)9-19(20)16-7-8-17-11-21-12-18(17)10-16/h3-8,10,13H,9,11-12H2,1-2H3. The number of rotatable bonds is 4. The van der Waals surface area contributed by atoms with Crippen LogP contribution in [0.1, 0.15) is 52.4 Å². The molecule has 0 atom stereocenters. The molecule has 1 aliphatic heterocycles. The van der Waals surface area contributed by atoms with E-state index in [9.17, 15) is 4.79 Å². The van der Waals surface area contributed by atoms with Crippen LogP contribution in [-0.4, -0.2) is 5.78 Å². The number of Topliss-reactive ketones (excluding diaryl/α,β-unsaturated/α-hetero) is 1. The van der Waals surface area contributed by atoms with Crippen molar-refractivity contribution in [3.8, 4) is 0 Å². The Hall–Kier alpha value is -1.93. The number of hydrogen-bond acceptors (Lipinski definition) is 2. The van der Waals surface area contributed by atoms with E-state index in [1.807, 2.05) is 18.2 Å². The topological polar surface area (TPSA) is 26.3 Å². The molecule has 0 bridgehead atoms. The van der Waals surface area contributed by atoms with Gasteiger partial charge < -0.3 is 4.74 Å². The van der Waals surface area contributed by atoms with Crippen molar-refractivity contribution in [2.24, 2.45) is 0 Å². The van der Waals surface area contributed by atoms with Crippen molar-refractivity contribution in [3.05, 3.63) is 70.3 Å². The van der Waals surface area contributed by atoms with Crippen LogP contribution in [0.4, 0.5) is 0 Å². The molecule has 2 aromatic rings. The summed E-state index contributed by atoms with van der Waals surface area (Å²) in [5.74, 6) is 0.688. The van der Waals surface area contributed by atoms with E-state index in [-0.39, 0.29) is 5.78 Å². The predicted octanol–water partition coefficient (Wildman–Crippen LogP) is 4.27. The minimum Gasteiger partial charge on any atom is -0.372 e. The Kier molecular flexibility index (Phi) is 3.89. The smallest absolute Gasteiger partial charge is 0.167 e. The zero-order valence-corrected chi connectivity index (χ0v) is 12.6. The summed E-state index contributed by atoms with van der Waals surface area (Å²) in [7, 11) is 0. The van der Waals surface area contributed by atoms with Gasteiger partial charge in [0.1, 0.15) is 0 Å². The second kappa shape index (κ2) is 5.82. The van der Waals surface area contributed by atoms with Crippen LogP contribution in [0.15, 0.2) is 42.5 Å². The molecule has 0 saturated carbocycles. The van der Waals surface area contributed by atoms with E-state index in [1.165, 1.54) is 11.1 Å². The Labute approximate surface area is 125 Å². The molecule has 0 saturated heterocycles. The third kappa shape index (κ3) is 3.06. The second-order valence-corrected chi connectivity index (χ2v) is 5.97. The van der Waals surface area contributed by atoms with Gasteiger partial charge in [0.2, 0.25) is 0 Å². The highest BCUT2D eigenvalue weighted by molar-refractivity contribution is 5.97. The van der Waals surface area contributed by atoms with Crippen molar-refractivity contribution >= 4 is 5.78 Å². The van der Waals surface area contributed by atoms with Gasteiger partial charge in [-0.25, -0.2) is 0 Å². The Morgan fingerprint density at radius 1 is 1.05 bits per heavy atom. The van der Waals surface area contributed by atoms with Gasteiger partial charge in [-0.05, 0) is 34.2 Å². The van der Waals surface area contributed by atoms with Crippen LogP contribution < -0.4 is 0 Å². The summed E-state index contributed by atoms with van der Waals surface area (Å²) in [4.78, 5) is 12.4. The fourth-order valence-corrected chi connectivity index (χ4v) is 2.65. The highest BCUT2D eigenvalue weighted by atomic mass is 16.5. The Bertz CT molecular complexity index is 654. The molecule has 0 aliphatic carbocycles. The lowest BCUT2D eigenvalue weighted by Crippen LogP contribution is -2.04. The average Bonchev–Trinajstić information content (AvgIpc) is 2.95. The van der Waals surface area contributed by atoms with E-state index in [0.29, 0.717) is 25.6 Å². The lowest BCUT2D eigenvalue weighted by molar-refractivity contribution is 0.0993. The van der Waals surface area contributed by atoms with Crippen LogP contribution in [-0.2, 0) is 24.4 Å². The molecule has 0 radical (unpaired) electrons. The van der Waals surface area contributed by atoms with Gasteiger partial charge in [0, 0.05) is 12.0 Å². The van der Waals surface area contributed by atoms with Gasteiger partial charge in [-0.1, -0.05) is 50.2 Å². The first-order valence-electron chi connectivity index (χ1n) is 7.45. The first kappa shape index (κ1) is 14.0. The molecule has 21 heavy (non-hydrogen) atoms. The van der Waals surface area contributed by atoms with Gasteiger partial charge in [0.05, 0.1) is 13.2 Å². The summed E-state index contributed by atoms with van der Waals surface area (Å²) in [5.41, 5.74) is 5.51. The molecule has 0 spiro atoms. The maximum atomic E-state index is 12.4. The van der Waals surface area contributed by atoms with Crippen molar-refractivity contribution in [2.75, 3.05) is 0 Å². The van der Waals surface area contributed by atoms with E-state index in [2.05, 4.69) is 38.1 Å². The van der Waals surface area contributed by atoms with Gasteiger partial charge in [-0.15, -0.1) is 0 Å². The van der Waals surface area contributed by atoms with Crippen molar-refractivity contribution in [2.45, 2.75) is 39.4 Å². The lowest BCUT2D eigenvalue weighted by Gasteiger charge is -2.07. The Morgan fingerprint density at radius 2 is 1.76 bits per heavy atom. The van der Waals surface area contributed by atoms with Crippen LogP contribution in [0.25, 0.3) is 0 Å². The largest absolute Gasteiger partial charge is 0.372 e. The molecule has 1 heterocycles.